The van der Waals surface area contributed by atoms with Gasteiger partial charge in [-0.15, -0.1) is 0 Å². The molecule has 0 aromatic heterocycles. The van der Waals surface area contributed by atoms with Crippen molar-refractivity contribution in [1.82, 2.24) is 0 Å². The lowest BCUT2D eigenvalue weighted by molar-refractivity contribution is 0.0545. The standard InChI is InChI=1S/C13H17NO2/c1-14-12-4-2-10(3-5-12)13(15)11-6-8-16-9-7-11/h2-5,11,14H,6-9H2,1H3. The molecule has 1 aliphatic heterocycles. The van der Waals surface area contributed by atoms with E-state index in [9.17, 15) is 4.79 Å². The maximum Gasteiger partial charge on any atom is 0.166 e. The van der Waals surface area contributed by atoms with Gasteiger partial charge in [-0.05, 0) is 37.1 Å². The monoisotopic (exact) mass is 219 g/mol. The van der Waals surface area contributed by atoms with Crippen LogP contribution in [0.15, 0.2) is 24.3 Å². The molecule has 0 amide bonds. The van der Waals surface area contributed by atoms with Gasteiger partial charge in [-0.3, -0.25) is 4.79 Å². The molecule has 0 saturated carbocycles. The number of anilines is 1. The molecule has 1 aliphatic rings. The van der Waals surface area contributed by atoms with Crippen LogP contribution < -0.4 is 5.32 Å². The molecule has 0 unspecified atom stereocenters. The first-order valence-electron chi connectivity index (χ1n) is 5.71. The lowest BCUT2D eigenvalue weighted by Gasteiger charge is -2.20. The van der Waals surface area contributed by atoms with E-state index in [0.29, 0.717) is 13.2 Å². The van der Waals surface area contributed by atoms with Crippen molar-refractivity contribution in [3.05, 3.63) is 29.8 Å². The Morgan fingerprint density at radius 3 is 2.44 bits per heavy atom. The van der Waals surface area contributed by atoms with Crippen LogP contribution in [-0.2, 0) is 4.74 Å². The van der Waals surface area contributed by atoms with Crippen molar-refractivity contribution in [2.75, 3.05) is 25.6 Å². The third-order valence-corrected chi connectivity index (χ3v) is 3.05. The molecule has 0 spiro atoms. The third kappa shape index (κ3) is 2.42. The normalized spacial score (nSPS) is 17.1. The molecule has 0 bridgehead atoms. The van der Waals surface area contributed by atoms with E-state index in [1.165, 1.54) is 0 Å². The average molecular weight is 219 g/mol. The van der Waals surface area contributed by atoms with Crippen molar-refractivity contribution in [2.24, 2.45) is 5.92 Å². The molecule has 3 nitrogen and oxygen atoms in total. The van der Waals surface area contributed by atoms with E-state index in [4.69, 9.17) is 4.74 Å². The number of Topliss-reactive ketones (excluding diaryl/α,β-unsaturated/α-hetero) is 1. The zero-order valence-electron chi connectivity index (χ0n) is 9.53. The van der Waals surface area contributed by atoms with Gasteiger partial charge < -0.3 is 10.1 Å². The van der Waals surface area contributed by atoms with E-state index in [0.717, 1.165) is 24.1 Å². The summed E-state index contributed by atoms with van der Waals surface area (Å²) in [7, 11) is 1.87. The van der Waals surface area contributed by atoms with Gasteiger partial charge in [0.05, 0.1) is 0 Å². The van der Waals surface area contributed by atoms with Gasteiger partial charge in [0.15, 0.2) is 5.78 Å². The predicted molar refractivity (Wildman–Crippen MR) is 63.9 cm³/mol. The molecule has 2 rings (SSSR count). The van der Waals surface area contributed by atoms with E-state index >= 15 is 0 Å². The smallest absolute Gasteiger partial charge is 0.166 e. The summed E-state index contributed by atoms with van der Waals surface area (Å²) in [6.07, 6.45) is 1.71. The van der Waals surface area contributed by atoms with Crippen LogP contribution >= 0.6 is 0 Å². The predicted octanol–water partition coefficient (Wildman–Crippen LogP) is 2.34. The average Bonchev–Trinajstić information content (AvgIpc) is 2.39. The van der Waals surface area contributed by atoms with Gasteiger partial charge in [0.2, 0.25) is 0 Å². The summed E-state index contributed by atoms with van der Waals surface area (Å²) in [5.74, 6) is 0.403. The summed E-state index contributed by atoms with van der Waals surface area (Å²) in [6, 6.07) is 7.66. The number of nitrogens with one attached hydrogen (secondary N) is 1. The second-order valence-electron chi connectivity index (χ2n) is 4.08. The first-order chi connectivity index (χ1) is 7.81. The molecule has 1 aromatic rings. The van der Waals surface area contributed by atoms with Gasteiger partial charge in [-0.1, -0.05) is 0 Å². The number of ether oxygens (including phenoxy) is 1. The SMILES string of the molecule is CNc1ccc(C(=O)C2CCOCC2)cc1. The van der Waals surface area contributed by atoms with Crippen molar-refractivity contribution in [3.8, 4) is 0 Å². The Morgan fingerprint density at radius 1 is 1.25 bits per heavy atom. The van der Waals surface area contributed by atoms with Crippen LogP contribution in [0, 0.1) is 5.92 Å². The third-order valence-electron chi connectivity index (χ3n) is 3.05. The zero-order valence-corrected chi connectivity index (χ0v) is 9.53. The fourth-order valence-electron chi connectivity index (χ4n) is 2.00. The fourth-order valence-corrected chi connectivity index (χ4v) is 2.00. The molecule has 0 radical (unpaired) electrons. The number of hydrogen-bond acceptors (Lipinski definition) is 3. The Hall–Kier alpha value is -1.35. The molecule has 1 fully saturated rings. The van der Waals surface area contributed by atoms with E-state index in [-0.39, 0.29) is 11.7 Å². The number of carbonyl (C=O) groups excluding carboxylic acids is 1. The van der Waals surface area contributed by atoms with Crippen LogP contribution in [0.1, 0.15) is 23.2 Å². The molecule has 16 heavy (non-hydrogen) atoms. The minimum absolute atomic E-state index is 0.147. The Morgan fingerprint density at radius 2 is 1.88 bits per heavy atom. The van der Waals surface area contributed by atoms with Crippen molar-refractivity contribution >= 4 is 11.5 Å². The van der Waals surface area contributed by atoms with Crippen LogP contribution in [0.25, 0.3) is 0 Å². The number of carbonyl (C=O) groups is 1. The highest BCUT2D eigenvalue weighted by Crippen LogP contribution is 2.21. The first-order valence-corrected chi connectivity index (χ1v) is 5.71. The van der Waals surface area contributed by atoms with Crippen LogP contribution in [0.4, 0.5) is 5.69 Å². The Labute approximate surface area is 95.8 Å². The molecule has 1 N–H and O–H groups in total. The van der Waals surface area contributed by atoms with Crippen LogP contribution in [0.5, 0.6) is 0 Å². The van der Waals surface area contributed by atoms with E-state index in [1.54, 1.807) is 0 Å². The van der Waals surface area contributed by atoms with Crippen molar-refractivity contribution in [3.63, 3.8) is 0 Å². The Bertz CT molecular complexity index is 353. The van der Waals surface area contributed by atoms with E-state index in [2.05, 4.69) is 5.32 Å². The van der Waals surface area contributed by atoms with Crippen molar-refractivity contribution < 1.29 is 9.53 Å². The molecule has 3 heteroatoms. The molecular formula is C13H17NO2. The molecule has 0 aliphatic carbocycles. The van der Waals surface area contributed by atoms with Crippen LogP contribution in [0.3, 0.4) is 0 Å². The largest absolute Gasteiger partial charge is 0.388 e. The van der Waals surface area contributed by atoms with Gasteiger partial charge in [-0.2, -0.15) is 0 Å². The molecule has 0 atom stereocenters. The topological polar surface area (TPSA) is 38.3 Å². The summed E-state index contributed by atoms with van der Waals surface area (Å²) in [6.45, 7) is 1.43. The molecule has 1 heterocycles. The van der Waals surface area contributed by atoms with E-state index < -0.39 is 0 Å². The highest BCUT2D eigenvalue weighted by atomic mass is 16.5. The van der Waals surface area contributed by atoms with Crippen molar-refractivity contribution in [2.45, 2.75) is 12.8 Å². The minimum atomic E-state index is 0.147. The van der Waals surface area contributed by atoms with Gasteiger partial charge in [0, 0.05) is 37.4 Å². The highest BCUT2D eigenvalue weighted by Gasteiger charge is 2.22. The summed E-state index contributed by atoms with van der Waals surface area (Å²) in [5.41, 5.74) is 1.84. The lowest BCUT2D eigenvalue weighted by atomic mass is 9.91. The number of hydrogen-bond donors (Lipinski definition) is 1. The van der Waals surface area contributed by atoms with Gasteiger partial charge in [-0.25, -0.2) is 0 Å². The number of ketones is 1. The summed E-state index contributed by atoms with van der Waals surface area (Å²) >= 11 is 0. The minimum Gasteiger partial charge on any atom is -0.388 e. The van der Waals surface area contributed by atoms with Crippen LogP contribution in [-0.4, -0.2) is 26.0 Å². The fraction of sp³-hybridized carbons (Fsp3) is 0.462. The van der Waals surface area contributed by atoms with Gasteiger partial charge >= 0.3 is 0 Å². The zero-order chi connectivity index (χ0) is 11.4. The van der Waals surface area contributed by atoms with Gasteiger partial charge in [0.25, 0.3) is 0 Å². The maximum absolute atomic E-state index is 12.1. The first kappa shape index (κ1) is 11.1. The quantitative estimate of drug-likeness (QED) is 0.793. The van der Waals surface area contributed by atoms with Crippen LogP contribution in [0.2, 0.25) is 0 Å². The van der Waals surface area contributed by atoms with Gasteiger partial charge in [0.1, 0.15) is 0 Å². The Balaban J connectivity index is 2.07. The van der Waals surface area contributed by atoms with E-state index in [1.807, 2.05) is 31.3 Å². The summed E-state index contributed by atoms with van der Waals surface area (Å²) in [4.78, 5) is 12.1. The molecule has 1 saturated heterocycles. The molecular weight excluding hydrogens is 202 g/mol. The molecule has 86 valence electrons. The number of rotatable bonds is 3. The second kappa shape index (κ2) is 5.12. The maximum atomic E-state index is 12.1. The summed E-state index contributed by atoms with van der Waals surface area (Å²) < 4.78 is 5.26. The molecule has 1 aromatic carbocycles. The highest BCUT2D eigenvalue weighted by molar-refractivity contribution is 5.98. The van der Waals surface area contributed by atoms with Crippen molar-refractivity contribution in [1.29, 1.82) is 0 Å². The second-order valence-corrected chi connectivity index (χ2v) is 4.08. The summed E-state index contributed by atoms with van der Waals surface area (Å²) in [5, 5.41) is 3.04. The number of benzene rings is 1. The lowest BCUT2D eigenvalue weighted by Crippen LogP contribution is -2.23. The Kier molecular flexibility index (Phi) is 3.57.